The first-order chi connectivity index (χ1) is 19.9. The van der Waals surface area contributed by atoms with Gasteiger partial charge in [-0.3, -0.25) is 33.8 Å². The SMILES string of the molecule is CCOc1cc(C2C3=CCC4C(=O)N(CCCCCC(=O)O)C(=O)C4C3CC3(Cl)C(=O)N(CBr)C(=O)C23Cl)ccc1O. The van der Waals surface area contributed by atoms with Gasteiger partial charge in [-0.05, 0) is 56.2 Å². The van der Waals surface area contributed by atoms with Crippen LogP contribution in [0.3, 0.4) is 0 Å². The van der Waals surface area contributed by atoms with Crippen molar-refractivity contribution >= 4 is 68.7 Å². The number of amides is 4. The quantitative estimate of drug-likeness (QED) is 0.123. The van der Waals surface area contributed by atoms with Gasteiger partial charge in [0.1, 0.15) is 0 Å². The number of carbonyl (C=O) groups excluding carboxylic acids is 4. The second-order valence-corrected chi connectivity index (χ2v) is 12.9. The topological polar surface area (TPSA) is 142 Å². The van der Waals surface area contributed by atoms with E-state index in [1.54, 1.807) is 19.1 Å². The molecule has 6 atom stereocenters. The molecule has 0 spiro atoms. The van der Waals surface area contributed by atoms with Crippen LogP contribution in [0.5, 0.6) is 11.5 Å². The molecule has 2 heterocycles. The molecule has 13 heteroatoms. The molecule has 1 aromatic carbocycles. The first-order valence-corrected chi connectivity index (χ1v) is 15.8. The number of imide groups is 2. The van der Waals surface area contributed by atoms with E-state index in [9.17, 15) is 29.1 Å². The molecule has 1 aromatic rings. The third kappa shape index (κ3) is 4.54. The largest absolute Gasteiger partial charge is 0.504 e. The number of likely N-dealkylation sites (tertiary alicyclic amines) is 2. The number of unbranched alkanes of at least 4 members (excludes halogenated alkanes) is 2. The zero-order chi connectivity index (χ0) is 30.6. The summed E-state index contributed by atoms with van der Waals surface area (Å²) in [6.45, 7) is 2.19. The molecule has 6 unspecified atom stereocenters. The number of hydrogen-bond acceptors (Lipinski definition) is 7. The number of fused-ring (bicyclic) bond motifs is 4. The van der Waals surface area contributed by atoms with Crippen LogP contribution in [-0.2, 0) is 24.0 Å². The Morgan fingerprint density at radius 2 is 1.81 bits per heavy atom. The maximum absolute atomic E-state index is 13.8. The molecular formula is C29H31BrCl2N2O8. The molecule has 2 saturated heterocycles. The minimum Gasteiger partial charge on any atom is -0.504 e. The maximum Gasteiger partial charge on any atom is 0.303 e. The third-order valence-electron chi connectivity index (χ3n) is 9.00. The summed E-state index contributed by atoms with van der Waals surface area (Å²) in [5.41, 5.74) is 1.01. The molecule has 2 N–H and O–H groups in total. The molecule has 1 saturated carbocycles. The molecule has 10 nitrogen and oxygen atoms in total. The fraction of sp³-hybridized carbons (Fsp3) is 0.552. The predicted octanol–water partition coefficient (Wildman–Crippen LogP) is 4.15. The van der Waals surface area contributed by atoms with Crippen LogP contribution in [0.4, 0.5) is 0 Å². The average Bonchev–Trinajstić information content (AvgIpc) is 3.27. The van der Waals surface area contributed by atoms with Crippen molar-refractivity contribution in [3.63, 3.8) is 0 Å². The highest BCUT2D eigenvalue weighted by molar-refractivity contribution is 9.09. The molecule has 42 heavy (non-hydrogen) atoms. The zero-order valence-corrected chi connectivity index (χ0v) is 26.0. The van der Waals surface area contributed by atoms with E-state index in [0.717, 1.165) is 4.90 Å². The first kappa shape index (κ1) is 30.8. The molecular weight excluding hydrogens is 655 g/mol. The van der Waals surface area contributed by atoms with Crippen LogP contribution >= 0.6 is 39.1 Å². The Kier molecular flexibility index (Phi) is 8.41. The first-order valence-electron chi connectivity index (χ1n) is 13.9. The van der Waals surface area contributed by atoms with Gasteiger partial charge in [-0.25, -0.2) is 0 Å². The summed E-state index contributed by atoms with van der Waals surface area (Å²) >= 11 is 17.6. The number of allylic oxidation sites excluding steroid dienone is 2. The molecule has 4 amide bonds. The van der Waals surface area contributed by atoms with E-state index in [1.165, 1.54) is 11.0 Å². The number of alkyl halides is 3. The lowest BCUT2D eigenvalue weighted by atomic mass is 9.56. The predicted molar refractivity (Wildman–Crippen MR) is 155 cm³/mol. The highest BCUT2D eigenvalue weighted by Gasteiger charge is 2.76. The standard InChI is InChI=1S/C29H31BrCl2N2O8/c1-2-42-20-12-15(7-10-19(20)35)23-16-8-9-17-22(25(39)33(24(17)38)11-5-3-4-6-21(36)37)18(16)13-28(31)26(40)34(14-30)27(41)29(23,28)32/h7-8,10,12,17-18,22-23,35H,2-6,9,11,13-14H2,1H3,(H,36,37). The smallest absolute Gasteiger partial charge is 0.303 e. The number of carboxylic acids is 1. The Hall–Kier alpha value is -2.63. The van der Waals surface area contributed by atoms with Gasteiger partial charge in [0.25, 0.3) is 11.8 Å². The Balaban J connectivity index is 1.55. The van der Waals surface area contributed by atoms with Crippen LogP contribution in [0.1, 0.15) is 56.9 Å². The summed E-state index contributed by atoms with van der Waals surface area (Å²) in [4.78, 5) is 64.0. The summed E-state index contributed by atoms with van der Waals surface area (Å²) in [6.07, 6.45) is 3.46. The number of benzene rings is 1. The molecule has 4 aliphatic rings. The number of rotatable bonds is 10. The van der Waals surface area contributed by atoms with Gasteiger partial charge in [0, 0.05) is 18.9 Å². The van der Waals surface area contributed by atoms with E-state index in [4.69, 9.17) is 33.0 Å². The Morgan fingerprint density at radius 1 is 1.07 bits per heavy atom. The highest BCUT2D eigenvalue weighted by Crippen LogP contribution is 2.65. The number of halogens is 3. The molecule has 2 aliphatic carbocycles. The number of hydrogen-bond donors (Lipinski definition) is 2. The van der Waals surface area contributed by atoms with Crippen molar-refractivity contribution in [3.8, 4) is 11.5 Å². The van der Waals surface area contributed by atoms with Gasteiger partial charge in [0.05, 0.1) is 23.9 Å². The number of aromatic hydroxyl groups is 1. The number of phenols is 1. The summed E-state index contributed by atoms with van der Waals surface area (Å²) in [5, 5.41) is 19.2. The zero-order valence-electron chi connectivity index (χ0n) is 22.9. The van der Waals surface area contributed by atoms with Crippen LogP contribution in [0.2, 0.25) is 0 Å². The monoisotopic (exact) mass is 684 g/mol. The number of aliphatic carboxylic acids is 1. The van der Waals surface area contributed by atoms with Gasteiger partial charge < -0.3 is 14.9 Å². The number of carbonyl (C=O) groups is 5. The van der Waals surface area contributed by atoms with E-state index in [2.05, 4.69) is 15.9 Å². The van der Waals surface area contributed by atoms with Crippen LogP contribution in [-0.4, -0.2) is 78.0 Å². The van der Waals surface area contributed by atoms with Crippen LogP contribution < -0.4 is 4.74 Å². The van der Waals surface area contributed by atoms with Crippen molar-refractivity contribution in [3.05, 3.63) is 35.4 Å². The van der Waals surface area contributed by atoms with E-state index < -0.39 is 51.2 Å². The van der Waals surface area contributed by atoms with Gasteiger partial charge in [-0.15, -0.1) is 23.2 Å². The average molecular weight is 686 g/mol. The van der Waals surface area contributed by atoms with Crippen LogP contribution in [0, 0.1) is 17.8 Å². The van der Waals surface area contributed by atoms with Gasteiger partial charge in [0.2, 0.25) is 11.8 Å². The molecule has 5 rings (SSSR count). The Labute approximate surface area is 261 Å². The summed E-state index contributed by atoms with van der Waals surface area (Å²) < 4.78 is 5.59. The van der Waals surface area contributed by atoms with Crippen molar-refractivity contribution in [2.24, 2.45) is 17.8 Å². The third-order valence-corrected chi connectivity index (χ3v) is 10.9. The van der Waals surface area contributed by atoms with Crippen molar-refractivity contribution < 1.29 is 38.9 Å². The normalized spacial score (nSPS) is 32.0. The lowest BCUT2D eigenvalue weighted by Crippen LogP contribution is -2.60. The fourth-order valence-corrected chi connectivity index (χ4v) is 8.54. The molecule has 0 aromatic heterocycles. The second-order valence-electron chi connectivity index (χ2n) is 11.2. The maximum atomic E-state index is 13.8. The molecule has 0 bridgehead atoms. The summed E-state index contributed by atoms with van der Waals surface area (Å²) in [7, 11) is 0. The Bertz CT molecular complexity index is 1390. The summed E-state index contributed by atoms with van der Waals surface area (Å²) in [6, 6.07) is 4.59. The summed E-state index contributed by atoms with van der Waals surface area (Å²) in [5.74, 6) is -5.90. The lowest BCUT2D eigenvalue weighted by molar-refractivity contribution is -0.141. The fourth-order valence-electron chi connectivity index (χ4n) is 7.12. The van der Waals surface area contributed by atoms with E-state index >= 15 is 0 Å². The van der Waals surface area contributed by atoms with Crippen molar-refractivity contribution in [1.29, 1.82) is 0 Å². The van der Waals surface area contributed by atoms with Crippen molar-refractivity contribution in [2.45, 2.75) is 61.1 Å². The van der Waals surface area contributed by atoms with Gasteiger partial charge >= 0.3 is 5.97 Å². The highest BCUT2D eigenvalue weighted by atomic mass is 79.9. The van der Waals surface area contributed by atoms with E-state index in [1.807, 2.05) is 6.08 Å². The number of phenolic OH excluding ortho intramolecular Hbond substituents is 1. The number of carboxylic acid groups (broad SMARTS) is 1. The van der Waals surface area contributed by atoms with Crippen molar-refractivity contribution in [1.82, 2.24) is 9.80 Å². The second kappa shape index (κ2) is 11.5. The molecule has 3 fully saturated rings. The van der Waals surface area contributed by atoms with Gasteiger partial charge in [-0.2, -0.15) is 0 Å². The van der Waals surface area contributed by atoms with Crippen LogP contribution in [0.15, 0.2) is 29.8 Å². The Morgan fingerprint density at radius 3 is 2.48 bits per heavy atom. The van der Waals surface area contributed by atoms with Crippen molar-refractivity contribution in [2.75, 3.05) is 18.6 Å². The van der Waals surface area contributed by atoms with Crippen LogP contribution in [0.25, 0.3) is 0 Å². The van der Waals surface area contributed by atoms with Gasteiger partial charge in [-0.1, -0.05) is 40.1 Å². The van der Waals surface area contributed by atoms with E-state index in [-0.39, 0.29) is 61.2 Å². The molecule has 2 aliphatic heterocycles. The number of ether oxygens (including phenoxy) is 1. The number of nitrogens with zero attached hydrogens (tertiary/aromatic N) is 2. The minimum absolute atomic E-state index is 0.0162. The molecule has 226 valence electrons. The lowest BCUT2D eigenvalue weighted by Gasteiger charge is -2.50. The minimum atomic E-state index is -1.94. The van der Waals surface area contributed by atoms with E-state index in [0.29, 0.717) is 30.4 Å². The molecule has 0 radical (unpaired) electrons. The van der Waals surface area contributed by atoms with Gasteiger partial charge in [0.15, 0.2) is 21.2 Å².